The molecule has 0 aliphatic carbocycles. The van der Waals surface area contributed by atoms with Crippen LogP contribution in [0, 0.1) is 6.92 Å². The second-order valence-corrected chi connectivity index (χ2v) is 8.46. The molecule has 0 unspecified atom stereocenters. The number of para-hydroxylation sites is 1. The van der Waals surface area contributed by atoms with Crippen molar-refractivity contribution in [2.24, 2.45) is 0 Å². The van der Waals surface area contributed by atoms with Gasteiger partial charge >= 0.3 is 0 Å². The molecule has 2 aromatic heterocycles. The zero-order valence-corrected chi connectivity index (χ0v) is 16.7. The van der Waals surface area contributed by atoms with Gasteiger partial charge in [0, 0.05) is 35.0 Å². The second-order valence-electron chi connectivity index (χ2n) is 6.40. The first-order valence-corrected chi connectivity index (χ1v) is 10.6. The molecule has 0 saturated carbocycles. The van der Waals surface area contributed by atoms with Gasteiger partial charge < -0.3 is 9.64 Å². The molecular weight excluding hydrogens is 376 g/mol. The lowest BCUT2D eigenvalue weighted by molar-refractivity contribution is -0.126. The Morgan fingerprint density at radius 2 is 2.19 bits per heavy atom. The molecule has 0 spiro atoms. The molecule has 3 heterocycles. The van der Waals surface area contributed by atoms with Crippen LogP contribution >= 0.6 is 22.7 Å². The molecule has 27 heavy (non-hydrogen) atoms. The first kappa shape index (κ1) is 17.9. The quantitative estimate of drug-likeness (QED) is 0.588. The molecule has 0 fully saturated rings. The van der Waals surface area contributed by atoms with Gasteiger partial charge in [0.05, 0.1) is 10.7 Å². The van der Waals surface area contributed by atoms with Gasteiger partial charge in [0.25, 0.3) is 0 Å². The van der Waals surface area contributed by atoms with Gasteiger partial charge in [-0.15, -0.1) is 22.7 Å². The number of fused-ring (bicyclic) bond motifs is 1. The van der Waals surface area contributed by atoms with Crippen LogP contribution in [-0.2, 0) is 24.4 Å². The topological polar surface area (TPSA) is 42.4 Å². The van der Waals surface area contributed by atoms with E-state index < -0.39 is 0 Å². The Hall–Kier alpha value is -2.44. The van der Waals surface area contributed by atoms with E-state index in [1.165, 1.54) is 10.4 Å². The molecule has 4 nitrogen and oxygen atoms in total. The maximum atomic E-state index is 12.6. The molecule has 0 saturated heterocycles. The number of thiazole rings is 1. The normalized spacial score (nSPS) is 13.7. The predicted octanol–water partition coefficient (Wildman–Crippen LogP) is 4.69. The summed E-state index contributed by atoms with van der Waals surface area (Å²) in [5.74, 6) is 0.794. The molecule has 0 N–H and O–H groups in total. The number of carbonyl (C=O) groups is 1. The minimum atomic E-state index is 0.0387. The van der Waals surface area contributed by atoms with Gasteiger partial charge in [-0.25, -0.2) is 4.98 Å². The van der Waals surface area contributed by atoms with Crippen LogP contribution in [0.1, 0.15) is 26.7 Å². The summed E-state index contributed by atoms with van der Waals surface area (Å²) in [4.78, 5) is 20.3. The van der Waals surface area contributed by atoms with Gasteiger partial charge in [0.15, 0.2) is 0 Å². The number of hydrogen-bond acceptors (Lipinski definition) is 5. The van der Waals surface area contributed by atoms with Crippen molar-refractivity contribution in [2.45, 2.75) is 26.5 Å². The van der Waals surface area contributed by atoms with Gasteiger partial charge in [0.2, 0.25) is 5.91 Å². The highest BCUT2D eigenvalue weighted by Gasteiger charge is 2.19. The molecule has 1 amide bonds. The van der Waals surface area contributed by atoms with Crippen molar-refractivity contribution in [1.29, 1.82) is 0 Å². The fourth-order valence-electron chi connectivity index (χ4n) is 3.08. The van der Waals surface area contributed by atoms with Gasteiger partial charge in [-0.3, -0.25) is 4.79 Å². The van der Waals surface area contributed by atoms with Crippen LogP contribution < -0.4 is 4.74 Å². The zero-order chi connectivity index (χ0) is 18.6. The standard InChI is InChI=1S/C21H20N2O2S2/c1-15-22-18(14-27-15)13-25-19-5-3-2-4-16(19)6-7-21(24)23-10-8-20-17(12-23)9-11-26-20/h2-7,9,11,14H,8,10,12-13H2,1H3/b7-6+. The number of ether oxygens (including phenoxy) is 1. The molecule has 1 aliphatic rings. The lowest BCUT2D eigenvalue weighted by Crippen LogP contribution is -2.34. The third-order valence-electron chi connectivity index (χ3n) is 4.49. The van der Waals surface area contributed by atoms with E-state index in [2.05, 4.69) is 16.4 Å². The van der Waals surface area contributed by atoms with Crippen molar-refractivity contribution >= 4 is 34.7 Å². The molecule has 1 aliphatic heterocycles. The number of amides is 1. The number of aryl methyl sites for hydroxylation is 1. The zero-order valence-electron chi connectivity index (χ0n) is 15.1. The number of carbonyl (C=O) groups excluding carboxylic acids is 1. The van der Waals surface area contributed by atoms with Crippen molar-refractivity contribution in [2.75, 3.05) is 6.54 Å². The van der Waals surface area contributed by atoms with Crippen molar-refractivity contribution < 1.29 is 9.53 Å². The third kappa shape index (κ3) is 4.28. The van der Waals surface area contributed by atoms with E-state index in [0.29, 0.717) is 13.2 Å². The molecule has 138 valence electrons. The minimum Gasteiger partial charge on any atom is -0.487 e. The van der Waals surface area contributed by atoms with Crippen molar-refractivity contribution in [3.05, 3.63) is 73.9 Å². The Labute approximate surface area is 166 Å². The summed E-state index contributed by atoms with van der Waals surface area (Å²) in [5, 5.41) is 5.14. The summed E-state index contributed by atoms with van der Waals surface area (Å²) in [6.07, 6.45) is 4.43. The summed E-state index contributed by atoms with van der Waals surface area (Å²) in [7, 11) is 0. The highest BCUT2D eigenvalue weighted by Crippen LogP contribution is 2.25. The number of benzene rings is 1. The van der Waals surface area contributed by atoms with Crippen LogP contribution in [0.3, 0.4) is 0 Å². The van der Waals surface area contributed by atoms with Crippen LogP contribution in [0.5, 0.6) is 5.75 Å². The SMILES string of the molecule is Cc1nc(COc2ccccc2/C=C/C(=O)N2CCc3sccc3C2)cs1. The van der Waals surface area contributed by atoms with Gasteiger partial charge in [-0.05, 0) is 42.5 Å². The summed E-state index contributed by atoms with van der Waals surface area (Å²) >= 11 is 3.39. The van der Waals surface area contributed by atoms with E-state index in [-0.39, 0.29) is 5.91 Å². The van der Waals surface area contributed by atoms with Gasteiger partial charge in [-0.1, -0.05) is 18.2 Å². The average Bonchev–Trinajstić information content (AvgIpc) is 3.33. The van der Waals surface area contributed by atoms with E-state index in [4.69, 9.17) is 4.74 Å². The summed E-state index contributed by atoms with van der Waals surface area (Å²) in [5.41, 5.74) is 3.09. The molecule has 4 rings (SSSR count). The third-order valence-corrected chi connectivity index (χ3v) is 6.33. The van der Waals surface area contributed by atoms with Crippen LogP contribution in [-0.4, -0.2) is 22.3 Å². The monoisotopic (exact) mass is 396 g/mol. The van der Waals surface area contributed by atoms with E-state index in [0.717, 1.165) is 35.0 Å². The second kappa shape index (κ2) is 8.06. The van der Waals surface area contributed by atoms with Crippen molar-refractivity contribution in [3.63, 3.8) is 0 Å². The van der Waals surface area contributed by atoms with Gasteiger partial charge in [-0.2, -0.15) is 0 Å². The van der Waals surface area contributed by atoms with Crippen molar-refractivity contribution in [3.8, 4) is 5.75 Å². The number of aromatic nitrogens is 1. The average molecular weight is 397 g/mol. The number of hydrogen-bond donors (Lipinski definition) is 0. The van der Waals surface area contributed by atoms with Crippen LogP contribution in [0.4, 0.5) is 0 Å². The van der Waals surface area contributed by atoms with Crippen LogP contribution in [0.25, 0.3) is 6.08 Å². The Bertz CT molecular complexity index is 974. The predicted molar refractivity (Wildman–Crippen MR) is 110 cm³/mol. The number of nitrogens with zero attached hydrogens (tertiary/aromatic N) is 2. The number of thiophene rings is 1. The Morgan fingerprint density at radius 3 is 3.04 bits per heavy atom. The van der Waals surface area contributed by atoms with Gasteiger partial charge in [0.1, 0.15) is 12.4 Å². The molecule has 1 aromatic carbocycles. The minimum absolute atomic E-state index is 0.0387. The first-order chi connectivity index (χ1) is 13.2. The fourth-order valence-corrected chi connectivity index (χ4v) is 4.57. The maximum absolute atomic E-state index is 12.6. The van der Waals surface area contributed by atoms with Crippen molar-refractivity contribution in [1.82, 2.24) is 9.88 Å². The Kier molecular flexibility index (Phi) is 5.36. The molecule has 3 aromatic rings. The highest BCUT2D eigenvalue weighted by atomic mass is 32.1. The lowest BCUT2D eigenvalue weighted by Gasteiger charge is -2.25. The lowest BCUT2D eigenvalue weighted by atomic mass is 10.1. The fraction of sp³-hybridized carbons (Fsp3) is 0.238. The summed E-state index contributed by atoms with van der Waals surface area (Å²) < 4.78 is 5.92. The molecule has 0 atom stereocenters. The van der Waals surface area contributed by atoms with E-state index >= 15 is 0 Å². The molecule has 0 radical (unpaired) electrons. The summed E-state index contributed by atoms with van der Waals surface area (Å²) in [6.45, 7) is 3.88. The number of rotatable bonds is 5. The summed E-state index contributed by atoms with van der Waals surface area (Å²) in [6, 6.07) is 9.87. The Morgan fingerprint density at radius 1 is 1.30 bits per heavy atom. The van der Waals surface area contributed by atoms with E-state index in [1.807, 2.05) is 47.5 Å². The molecule has 0 bridgehead atoms. The maximum Gasteiger partial charge on any atom is 0.246 e. The smallest absolute Gasteiger partial charge is 0.246 e. The van der Waals surface area contributed by atoms with Crippen LogP contribution in [0.2, 0.25) is 0 Å². The van der Waals surface area contributed by atoms with Crippen LogP contribution in [0.15, 0.2) is 47.2 Å². The molecule has 6 heteroatoms. The highest BCUT2D eigenvalue weighted by molar-refractivity contribution is 7.10. The van der Waals surface area contributed by atoms with E-state index in [1.54, 1.807) is 28.7 Å². The largest absolute Gasteiger partial charge is 0.487 e. The molecular formula is C21H20N2O2S2. The van der Waals surface area contributed by atoms with E-state index in [9.17, 15) is 4.79 Å². The first-order valence-electron chi connectivity index (χ1n) is 8.84. The Balaban J connectivity index is 1.42.